The van der Waals surface area contributed by atoms with Gasteiger partial charge in [-0.3, -0.25) is 9.78 Å². The number of pyridine rings is 1. The number of hydrogen-bond acceptors (Lipinski definition) is 6. The molecule has 1 aromatic heterocycles. The first kappa shape index (κ1) is 27.6. The van der Waals surface area contributed by atoms with Crippen LogP contribution < -0.4 is 10.6 Å². The maximum atomic E-state index is 12.8. The summed E-state index contributed by atoms with van der Waals surface area (Å²) in [4.78, 5) is 44.1. The van der Waals surface area contributed by atoms with E-state index < -0.39 is 12.0 Å². The Labute approximate surface area is 203 Å². The van der Waals surface area contributed by atoms with E-state index in [0.717, 1.165) is 17.8 Å². The van der Waals surface area contributed by atoms with Crippen LogP contribution in [-0.2, 0) is 14.3 Å². The molecule has 190 valence electrons. The molecule has 1 fully saturated rings. The molecule has 0 spiro atoms. The van der Waals surface area contributed by atoms with Gasteiger partial charge in [0.25, 0.3) is 5.91 Å². The number of nitrogens with zero attached hydrogens (tertiary/aromatic N) is 2. The van der Waals surface area contributed by atoms with Crippen molar-refractivity contribution in [3.63, 3.8) is 0 Å². The number of hydrogen-bond donors (Lipinski definition) is 2. The smallest absolute Gasteiger partial charge is 0.328 e. The van der Waals surface area contributed by atoms with Crippen LogP contribution in [0, 0.1) is 12.8 Å². The molecule has 2 heterocycles. The summed E-state index contributed by atoms with van der Waals surface area (Å²) in [7, 11) is 1.33. The van der Waals surface area contributed by atoms with Gasteiger partial charge >= 0.3 is 12.0 Å². The monoisotopic (exact) mass is 476 g/mol. The average molecular weight is 477 g/mol. The fraction of sp³-hybridized carbons (Fsp3) is 0.680. The van der Waals surface area contributed by atoms with Crippen LogP contribution in [0.5, 0.6) is 0 Å². The first-order valence-electron chi connectivity index (χ1n) is 12.2. The average Bonchev–Trinajstić information content (AvgIpc) is 2.82. The number of carbonyl (C=O) groups excluding carboxylic acids is 3. The maximum Gasteiger partial charge on any atom is 0.328 e. The van der Waals surface area contributed by atoms with E-state index in [9.17, 15) is 14.4 Å². The molecule has 1 aliphatic rings. The van der Waals surface area contributed by atoms with E-state index in [-0.39, 0.29) is 23.8 Å². The highest BCUT2D eigenvalue weighted by molar-refractivity contribution is 5.95. The lowest BCUT2D eigenvalue weighted by Crippen LogP contribution is -2.50. The Hall–Kier alpha value is -2.68. The molecule has 2 rings (SSSR count). The Balaban J connectivity index is 1.98. The zero-order valence-electron chi connectivity index (χ0n) is 21.2. The van der Waals surface area contributed by atoms with Gasteiger partial charge in [-0.1, -0.05) is 20.8 Å². The summed E-state index contributed by atoms with van der Waals surface area (Å²) in [5.41, 5.74) is 2.21. The highest BCUT2D eigenvalue weighted by atomic mass is 16.5. The van der Waals surface area contributed by atoms with Gasteiger partial charge < -0.3 is 25.0 Å². The Morgan fingerprint density at radius 2 is 1.88 bits per heavy atom. The number of ether oxygens (including phenoxy) is 2. The molecule has 9 nitrogen and oxygen atoms in total. The van der Waals surface area contributed by atoms with E-state index in [0.29, 0.717) is 57.7 Å². The number of rotatable bonds is 11. The molecular formula is C25H40N4O5. The summed E-state index contributed by atoms with van der Waals surface area (Å²) in [6.07, 6.45) is 2.84. The van der Waals surface area contributed by atoms with Crippen LogP contribution in [0.15, 0.2) is 12.1 Å². The van der Waals surface area contributed by atoms with E-state index >= 15 is 0 Å². The zero-order valence-corrected chi connectivity index (χ0v) is 21.2. The molecule has 0 aliphatic carbocycles. The van der Waals surface area contributed by atoms with Gasteiger partial charge in [-0.25, -0.2) is 9.59 Å². The molecule has 1 aromatic rings. The number of amides is 3. The van der Waals surface area contributed by atoms with Crippen LogP contribution in [0.25, 0.3) is 0 Å². The number of methoxy groups -OCH3 is 1. The van der Waals surface area contributed by atoms with E-state index in [1.165, 1.54) is 7.11 Å². The number of nitrogens with one attached hydrogen (secondary N) is 2. The second-order valence-corrected chi connectivity index (χ2v) is 9.17. The number of esters is 1. The van der Waals surface area contributed by atoms with Crippen molar-refractivity contribution < 1.29 is 23.9 Å². The lowest BCUT2D eigenvalue weighted by atomic mass is 9.90. The van der Waals surface area contributed by atoms with Crippen molar-refractivity contribution >= 4 is 17.9 Å². The predicted octanol–water partition coefficient (Wildman–Crippen LogP) is 3.02. The van der Waals surface area contributed by atoms with Crippen LogP contribution in [0.4, 0.5) is 4.79 Å². The fourth-order valence-electron chi connectivity index (χ4n) is 4.08. The normalized spacial score (nSPS) is 15.2. The molecule has 1 saturated heterocycles. The van der Waals surface area contributed by atoms with Gasteiger partial charge in [-0.2, -0.15) is 0 Å². The van der Waals surface area contributed by atoms with E-state index in [2.05, 4.69) is 15.6 Å². The molecular weight excluding hydrogens is 436 g/mol. The highest BCUT2D eigenvalue weighted by Crippen LogP contribution is 2.29. The van der Waals surface area contributed by atoms with Crippen LogP contribution in [-0.4, -0.2) is 73.8 Å². The van der Waals surface area contributed by atoms with Crippen molar-refractivity contribution in [2.45, 2.75) is 65.3 Å². The first-order valence-corrected chi connectivity index (χ1v) is 12.2. The molecule has 1 unspecified atom stereocenters. The molecule has 3 amide bonds. The van der Waals surface area contributed by atoms with Crippen LogP contribution in [0.1, 0.15) is 74.1 Å². The second kappa shape index (κ2) is 13.9. The molecule has 0 radical (unpaired) electrons. The minimum absolute atomic E-state index is 0.0770. The summed E-state index contributed by atoms with van der Waals surface area (Å²) in [5, 5.41) is 5.74. The molecule has 0 bridgehead atoms. The largest absolute Gasteiger partial charge is 0.467 e. The topological polar surface area (TPSA) is 110 Å². The summed E-state index contributed by atoms with van der Waals surface area (Å²) in [5.74, 6) is -0.271. The van der Waals surface area contributed by atoms with E-state index in [1.807, 2.05) is 39.8 Å². The molecule has 0 saturated carbocycles. The lowest BCUT2D eigenvalue weighted by Gasteiger charge is -2.33. The molecule has 9 heteroatoms. The molecule has 2 N–H and O–H groups in total. The zero-order chi connectivity index (χ0) is 25.1. The fourth-order valence-corrected chi connectivity index (χ4v) is 4.08. The number of piperidine rings is 1. The highest BCUT2D eigenvalue weighted by Gasteiger charge is 2.30. The summed E-state index contributed by atoms with van der Waals surface area (Å²) < 4.78 is 10.3. The van der Waals surface area contributed by atoms with E-state index in [4.69, 9.17) is 9.47 Å². The Morgan fingerprint density at radius 3 is 2.50 bits per heavy atom. The van der Waals surface area contributed by atoms with Crippen molar-refractivity contribution in [3.05, 3.63) is 29.1 Å². The summed E-state index contributed by atoms with van der Waals surface area (Å²) in [6, 6.07) is 2.74. The van der Waals surface area contributed by atoms with Crippen molar-refractivity contribution in [3.8, 4) is 0 Å². The van der Waals surface area contributed by atoms with Crippen LogP contribution >= 0.6 is 0 Å². The molecule has 0 aromatic carbocycles. The van der Waals surface area contributed by atoms with E-state index in [1.54, 1.807) is 4.90 Å². The van der Waals surface area contributed by atoms with Gasteiger partial charge in [0.1, 0.15) is 6.04 Å². The second-order valence-electron chi connectivity index (χ2n) is 9.17. The van der Waals surface area contributed by atoms with Crippen molar-refractivity contribution in [1.82, 2.24) is 20.5 Å². The van der Waals surface area contributed by atoms with Gasteiger partial charge in [0.05, 0.1) is 25.0 Å². The van der Waals surface area contributed by atoms with Gasteiger partial charge in [0.2, 0.25) is 0 Å². The third-order valence-corrected chi connectivity index (χ3v) is 5.85. The third-order valence-electron chi connectivity index (χ3n) is 5.85. The van der Waals surface area contributed by atoms with Gasteiger partial charge in [0.15, 0.2) is 0 Å². The number of aryl methyl sites for hydroxylation is 1. The van der Waals surface area contributed by atoms with Crippen LogP contribution in [0.3, 0.4) is 0 Å². The molecule has 1 atom stereocenters. The molecule has 34 heavy (non-hydrogen) atoms. The summed E-state index contributed by atoms with van der Waals surface area (Å²) >= 11 is 0. The van der Waals surface area contributed by atoms with Crippen molar-refractivity contribution in [2.24, 2.45) is 5.92 Å². The van der Waals surface area contributed by atoms with Crippen molar-refractivity contribution in [1.29, 1.82) is 0 Å². The number of aromatic nitrogens is 1. The Bertz CT molecular complexity index is 822. The SMILES string of the molecule is CCCOCCNC(=O)c1ccc(C)nc1C1CCN(C(=O)NC(CC(C)C)C(=O)OC)CC1. The minimum Gasteiger partial charge on any atom is -0.467 e. The number of carbonyl (C=O) groups is 3. The van der Waals surface area contributed by atoms with Crippen LogP contribution in [0.2, 0.25) is 0 Å². The third kappa shape index (κ3) is 8.27. The Morgan fingerprint density at radius 1 is 1.18 bits per heavy atom. The lowest BCUT2D eigenvalue weighted by molar-refractivity contribution is -0.143. The number of urea groups is 1. The summed E-state index contributed by atoms with van der Waals surface area (Å²) in [6.45, 7) is 10.6. The van der Waals surface area contributed by atoms with Gasteiger partial charge in [0, 0.05) is 37.9 Å². The van der Waals surface area contributed by atoms with Gasteiger partial charge in [-0.15, -0.1) is 0 Å². The first-order chi connectivity index (χ1) is 16.3. The Kier molecular flexibility index (Phi) is 11.3. The standard InChI is InChI=1S/C25H40N4O5/c1-6-14-34-15-11-26-23(30)20-8-7-18(4)27-22(20)19-9-12-29(13-10-19)25(32)28-21(16-17(2)3)24(31)33-5/h7-8,17,19,21H,6,9-16H2,1-5H3,(H,26,30)(H,28,32). The predicted molar refractivity (Wildman–Crippen MR) is 130 cm³/mol. The number of likely N-dealkylation sites (tertiary alicyclic amines) is 1. The van der Waals surface area contributed by atoms with Crippen molar-refractivity contribution in [2.75, 3.05) is 40.0 Å². The molecule has 1 aliphatic heterocycles. The maximum absolute atomic E-state index is 12.8. The quantitative estimate of drug-likeness (QED) is 0.375. The van der Waals surface area contributed by atoms with Gasteiger partial charge in [-0.05, 0) is 50.7 Å². The minimum atomic E-state index is -0.662.